The molecule has 0 saturated heterocycles. The highest BCUT2D eigenvalue weighted by molar-refractivity contribution is 5.61. The van der Waals surface area contributed by atoms with Crippen molar-refractivity contribution in [3.8, 4) is 0 Å². The molecule has 0 aliphatic heterocycles. The molecule has 1 aromatic rings. The molecule has 0 radical (unpaired) electrons. The van der Waals surface area contributed by atoms with Crippen LogP contribution in [0.2, 0.25) is 0 Å². The van der Waals surface area contributed by atoms with Crippen LogP contribution >= 0.6 is 0 Å². The van der Waals surface area contributed by atoms with E-state index >= 15 is 0 Å². The lowest BCUT2D eigenvalue weighted by molar-refractivity contribution is 0.739. The maximum atomic E-state index is 4.50. The average Bonchev–Trinajstić information content (AvgIpc) is 2.72. The van der Waals surface area contributed by atoms with E-state index in [-0.39, 0.29) is 0 Å². The summed E-state index contributed by atoms with van der Waals surface area (Å²) in [5.41, 5.74) is 1.31. The topological polar surface area (TPSA) is 12.4 Å². The lowest BCUT2D eigenvalue weighted by Gasteiger charge is -1.99. The maximum absolute atomic E-state index is 4.50. The quantitative estimate of drug-likeness (QED) is 0.643. The molecule has 74 valence electrons. The second kappa shape index (κ2) is 4.94. The van der Waals surface area contributed by atoms with E-state index in [1.807, 2.05) is 6.07 Å². The Balaban J connectivity index is 1.81. The number of aliphatic imine (C=N–C) groups is 1. The minimum absolute atomic E-state index is 0.763. The molecule has 1 aliphatic carbocycles. The van der Waals surface area contributed by atoms with E-state index in [2.05, 4.69) is 35.5 Å². The Morgan fingerprint density at radius 1 is 1.14 bits per heavy atom. The summed E-state index contributed by atoms with van der Waals surface area (Å²) in [6.45, 7) is 0.845. The molecule has 0 amide bonds. The van der Waals surface area contributed by atoms with E-state index in [1.54, 1.807) is 0 Å². The third kappa shape index (κ3) is 2.69. The monoisotopic (exact) mass is 187 g/mol. The van der Waals surface area contributed by atoms with Crippen molar-refractivity contribution in [3.63, 3.8) is 0 Å². The lowest BCUT2D eigenvalue weighted by Crippen LogP contribution is -1.94. The van der Waals surface area contributed by atoms with Crippen LogP contribution in [0.15, 0.2) is 35.3 Å². The third-order valence-electron chi connectivity index (χ3n) is 2.83. The fourth-order valence-electron chi connectivity index (χ4n) is 2.00. The molecule has 1 aliphatic rings. The molecule has 0 aromatic heterocycles. The Bertz CT molecular complexity index is 283. The Hall–Kier alpha value is -1.11. The van der Waals surface area contributed by atoms with Gasteiger partial charge in [0.25, 0.3) is 0 Å². The second-order valence-corrected chi connectivity index (χ2v) is 4.02. The van der Waals surface area contributed by atoms with E-state index in [1.165, 1.54) is 31.2 Å². The molecular weight excluding hydrogens is 170 g/mol. The fraction of sp³-hybridized carbons (Fsp3) is 0.462. The zero-order valence-electron chi connectivity index (χ0n) is 8.52. The van der Waals surface area contributed by atoms with Crippen LogP contribution in [-0.2, 0) is 6.54 Å². The highest BCUT2D eigenvalue weighted by Gasteiger charge is 2.11. The van der Waals surface area contributed by atoms with E-state index in [9.17, 15) is 0 Å². The van der Waals surface area contributed by atoms with Crippen LogP contribution in [0.4, 0.5) is 0 Å². The van der Waals surface area contributed by atoms with E-state index < -0.39 is 0 Å². The van der Waals surface area contributed by atoms with Crippen LogP contribution in [0.3, 0.4) is 0 Å². The Morgan fingerprint density at radius 2 is 1.86 bits per heavy atom. The summed E-state index contributed by atoms with van der Waals surface area (Å²) < 4.78 is 0. The molecule has 0 heterocycles. The van der Waals surface area contributed by atoms with E-state index in [0.29, 0.717) is 0 Å². The summed E-state index contributed by atoms with van der Waals surface area (Å²) in [6.07, 6.45) is 7.64. The van der Waals surface area contributed by atoms with E-state index in [0.717, 1.165) is 12.5 Å². The van der Waals surface area contributed by atoms with Crippen molar-refractivity contribution in [2.45, 2.75) is 32.2 Å². The standard InChI is InChI=1S/C13H17N/c1-2-6-12(7-3-1)10-14-11-13-8-4-5-9-13/h1-3,6-7,11,13H,4-5,8-10H2/b14-11+. The van der Waals surface area contributed by atoms with Crippen LogP contribution in [0.5, 0.6) is 0 Å². The summed E-state index contributed by atoms with van der Waals surface area (Å²) in [7, 11) is 0. The zero-order chi connectivity index (χ0) is 9.64. The van der Waals surface area contributed by atoms with Gasteiger partial charge in [0.15, 0.2) is 0 Å². The van der Waals surface area contributed by atoms with Crippen LogP contribution in [-0.4, -0.2) is 6.21 Å². The first kappa shape index (κ1) is 9.45. The SMILES string of the molecule is C(=N\Cc1ccccc1)/C1CCCC1. The summed E-state index contributed by atoms with van der Waals surface area (Å²) in [5, 5.41) is 0. The molecule has 1 nitrogen and oxygen atoms in total. The van der Waals surface area contributed by atoms with Crippen LogP contribution in [0.25, 0.3) is 0 Å². The highest BCUT2D eigenvalue weighted by Crippen LogP contribution is 2.22. The predicted molar refractivity (Wildman–Crippen MR) is 60.6 cm³/mol. The molecule has 1 aromatic carbocycles. The van der Waals surface area contributed by atoms with Crippen molar-refractivity contribution in [2.24, 2.45) is 10.9 Å². The number of hydrogen-bond donors (Lipinski definition) is 0. The molecular formula is C13H17N. The molecule has 2 rings (SSSR count). The van der Waals surface area contributed by atoms with Crippen LogP contribution in [0.1, 0.15) is 31.2 Å². The normalized spacial score (nSPS) is 18.0. The third-order valence-corrected chi connectivity index (χ3v) is 2.83. The van der Waals surface area contributed by atoms with Gasteiger partial charge in [-0.05, 0) is 24.3 Å². The first-order valence-corrected chi connectivity index (χ1v) is 5.49. The predicted octanol–water partition coefficient (Wildman–Crippen LogP) is 3.45. The summed E-state index contributed by atoms with van der Waals surface area (Å²) >= 11 is 0. The first-order valence-electron chi connectivity index (χ1n) is 5.49. The van der Waals surface area contributed by atoms with E-state index in [4.69, 9.17) is 0 Å². The Labute approximate surface area is 85.9 Å². The lowest BCUT2D eigenvalue weighted by atomic mass is 10.1. The average molecular weight is 187 g/mol. The number of nitrogens with zero attached hydrogens (tertiary/aromatic N) is 1. The van der Waals surface area contributed by atoms with Crippen LogP contribution < -0.4 is 0 Å². The van der Waals surface area contributed by atoms with Crippen molar-refractivity contribution in [2.75, 3.05) is 0 Å². The van der Waals surface area contributed by atoms with Crippen molar-refractivity contribution in [1.82, 2.24) is 0 Å². The minimum atomic E-state index is 0.763. The maximum Gasteiger partial charge on any atom is 0.0635 e. The molecule has 14 heavy (non-hydrogen) atoms. The van der Waals surface area contributed by atoms with Crippen molar-refractivity contribution >= 4 is 6.21 Å². The summed E-state index contributed by atoms with van der Waals surface area (Å²) in [4.78, 5) is 4.50. The van der Waals surface area contributed by atoms with Crippen LogP contribution in [0, 0.1) is 5.92 Å². The van der Waals surface area contributed by atoms with Crippen molar-refractivity contribution in [1.29, 1.82) is 0 Å². The largest absolute Gasteiger partial charge is 0.292 e. The molecule has 1 fully saturated rings. The zero-order valence-corrected chi connectivity index (χ0v) is 8.52. The minimum Gasteiger partial charge on any atom is -0.292 e. The number of hydrogen-bond acceptors (Lipinski definition) is 1. The van der Waals surface area contributed by atoms with Gasteiger partial charge in [-0.15, -0.1) is 0 Å². The molecule has 0 N–H and O–H groups in total. The molecule has 1 saturated carbocycles. The van der Waals surface area contributed by atoms with Gasteiger partial charge in [-0.3, -0.25) is 4.99 Å². The van der Waals surface area contributed by atoms with Crippen molar-refractivity contribution in [3.05, 3.63) is 35.9 Å². The van der Waals surface area contributed by atoms with Gasteiger partial charge in [0.1, 0.15) is 0 Å². The van der Waals surface area contributed by atoms with Gasteiger partial charge in [0.05, 0.1) is 6.54 Å². The van der Waals surface area contributed by atoms with Gasteiger partial charge in [0, 0.05) is 6.21 Å². The molecule has 0 bridgehead atoms. The number of benzene rings is 1. The molecule has 0 spiro atoms. The highest BCUT2D eigenvalue weighted by atomic mass is 14.7. The first-order chi connectivity index (χ1) is 6.95. The second-order valence-electron chi connectivity index (χ2n) is 4.02. The summed E-state index contributed by atoms with van der Waals surface area (Å²) in [5.74, 6) is 0.763. The Morgan fingerprint density at radius 3 is 2.57 bits per heavy atom. The Kier molecular flexibility index (Phi) is 3.33. The number of rotatable bonds is 3. The van der Waals surface area contributed by atoms with Gasteiger partial charge in [0.2, 0.25) is 0 Å². The molecule has 0 unspecified atom stereocenters. The van der Waals surface area contributed by atoms with Gasteiger partial charge in [-0.25, -0.2) is 0 Å². The van der Waals surface area contributed by atoms with Gasteiger partial charge < -0.3 is 0 Å². The fourth-order valence-corrected chi connectivity index (χ4v) is 2.00. The van der Waals surface area contributed by atoms with Gasteiger partial charge in [-0.2, -0.15) is 0 Å². The molecule has 0 atom stereocenters. The van der Waals surface area contributed by atoms with Gasteiger partial charge in [-0.1, -0.05) is 43.2 Å². The summed E-state index contributed by atoms with van der Waals surface area (Å²) in [6, 6.07) is 10.4. The molecule has 1 heteroatoms. The smallest absolute Gasteiger partial charge is 0.0635 e. The van der Waals surface area contributed by atoms with Crippen molar-refractivity contribution < 1.29 is 0 Å². The van der Waals surface area contributed by atoms with Gasteiger partial charge >= 0.3 is 0 Å².